The van der Waals surface area contributed by atoms with Crippen molar-refractivity contribution in [2.45, 2.75) is 6.61 Å². The Bertz CT molecular complexity index is 547. The van der Waals surface area contributed by atoms with E-state index in [-0.39, 0.29) is 12.2 Å². The summed E-state index contributed by atoms with van der Waals surface area (Å²) in [6.45, 7) is -0.107. The number of benzene rings is 2. The van der Waals surface area contributed by atoms with Crippen LogP contribution in [-0.4, -0.2) is 16.2 Å². The Hall–Kier alpha value is -2.13. The molecule has 2 aromatic rings. The molecule has 2 rings (SSSR count). The van der Waals surface area contributed by atoms with E-state index in [0.29, 0.717) is 5.56 Å². The standard InChI is InChI=1S/C14H12O3/c15-9-10-5-1-2-6-11(10)12-7-3-4-8-13(12)14(16)17/h1-8,15H,9H2,(H,16,17). The van der Waals surface area contributed by atoms with Gasteiger partial charge in [-0.2, -0.15) is 0 Å². The van der Waals surface area contributed by atoms with Crippen LogP contribution in [0.1, 0.15) is 15.9 Å². The summed E-state index contributed by atoms with van der Waals surface area (Å²) >= 11 is 0. The molecule has 17 heavy (non-hydrogen) atoms. The number of aliphatic hydroxyl groups is 1. The first-order valence-corrected chi connectivity index (χ1v) is 5.25. The zero-order chi connectivity index (χ0) is 12.3. The first-order chi connectivity index (χ1) is 8.24. The minimum Gasteiger partial charge on any atom is -0.478 e. The second-order valence-electron chi connectivity index (χ2n) is 3.67. The molecule has 0 radical (unpaired) electrons. The van der Waals surface area contributed by atoms with Crippen LogP contribution < -0.4 is 0 Å². The second-order valence-corrected chi connectivity index (χ2v) is 3.67. The first kappa shape index (κ1) is 11.4. The molecule has 0 atom stereocenters. The third-order valence-electron chi connectivity index (χ3n) is 2.64. The van der Waals surface area contributed by atoms with Gasteiger partial charge in [-0.25, -0.2) is 4.79 Å². The fourth-order valence-corrected chi connectivity index (χ4v) is 1.83. The summed E-state index contributed by atoms with van der Waals surface area (Å²) in [7, 11) is 0. The number of carboxylic acids is 1. The lowest BCUT2D eigenvalue weighted by atomic mass is 9.96. The molecule has 86 valence electrons. The van der Waals surface area contributed by atoms with Gasteiger partial charge in [-0.15, -0.1) is 0 Å². The molecular weight excluding hydrogens is 216 g/mol. The molecule has 0 saturated carbocycles. The Kier molecular flexibility index (Phi) is 3.21. The highest BCUT2D eigenvalue weighted by atomic mass is 16.4. The lowest BCUT2D eigenvalue weighted by Gasteiger charge is -2.09. The van der Waals surface area contributed by atoms with Gasteiger partial charge in [0.1, 0.15) is 0 Å². The monoisotopic (exact) mass is 228 g/mol. The number of hydrogen-bond donors (Lipinski definition) is 2. The van der Waals surface area contributed by atoms with Crippen molar-refractivity contribution in [2.24, 2.45) is 0 Å². The second kappa shape index (κ2) is 4.80. The molecule has 0 aliphatic heterocycles. The minimum atomic E-state index is -0.964. The van der Waals surface area contributed by atoms with Gasteiger partial charge in [-0.05, 0) is 22.8 Å². The van der Waals surface area contributed by atoms with Crippen molar-refractivity contribution < 1.29 is 15.0 Å². The third kappa shape index (κ3) is 2.19. The molecule has 0 spiro atoms. The van der Waals surface area contributed by atoms with Crippen molar-refractivity contribution in [3.05, 3.63) is 59.7 Å². The summed E-state index contributed by atoms with van der Waals surface area (Å²) in [6.07, 6.45) is 0. The first-order valence-electron chi connectivity index (χ1n) is 5.25. The molecule has 3 heteroatoms. The number of aliphatic hydroxyl groups excluding tert-OH is 1. The number of carbonyl (C=O) groups is 1. The molecule has 0 amide bonds. The van der Waals surface area contributed by atoms with Crippen LogP contribution in [0, 0.1) is 0 Å². The van der Waals surface area contributed by atoms with E-state index >= 15 is 0 Å². The molecule has 0 aliphatic rings. The smallest absolute Gasteiger partial charge is 0.336 e. The van der Waals surface area contributed by atoms with Crippen LogP contribution in [0.2, 0.25) is 0 Å². The van der Waals surface area contributed by atoms with E-state index in [0.717, 1.165) is 11.1 Å². The average Bonchev–Trinajstić information content (AvgIpc) is 2.38. The molecule has 0 bridgehead atoms. The molecule has 0 aromatic heterocycles. The SMILES string of the molecule is O=C(O)c1ccccc1-c1ccccc1CO. The summed E-state index contributed by atoms with van der Waals surface area (Å²) in [5, 5.41) is 18.4. The topological polar surface area (TPSA) is 57.5 Å². The summed E-state index contributed by atoms with van der Waals surface area (Å²) in [5.74, 6) is -0.964. The predicted octanol–water partition coefficient (Wildman–Crippen LogP) is 2.54. The average molecular weight is 228 g/mol. The summed E-state index contributed by atoms with van der Waals surface area (Å²) in [6, 6.07) is 14.0. The number of aromatic carboxylic acids is 1. The Labute approximate surface area is 99.0 Å². The van der Waals surface area contributed by atoms with Crippen LogP contribution in [0.4, 0.5) is 0 Å². The van der Waals surface area contributed by atoms with Gasteiger partial charge in [0.25, 0.3) is 0 Å². The summed E-state index contributed by atoms with van der Waals surface area (Å²) < 4.78 is 0. The van der Waals surface area contributed by atoms with Crippen molar-refractivity contribution >= 4 is 5.97 Å². The van der Waals surface area contributed by atoms with Crippen LogP contribution in [0.15, 0.2) is 48.5 Å². The summed E-state index contributed by atoms with van der Waals surface area (Å²) in [5.41, 5.74) is 2.35. The molecule has 2 N–H and O–H groups in total. The van der Waals surface area contributed by atoms with Crippen molar-refractivity contribution in [3.8, 4) is 11.1 Å². The van der Waals surface area contributed by atoms with Gasteiger partial charge in [0, 0.05) is 0 Å². The van der Waals surface area contributed by atoms with Crippen molar-refractivity contribution in [1.29, 1.82) is 0 Å². The highest BCUT2D eigenvalue weighted by molar-refractivity contribution is 5.96. The van der Waals surface area contributed by atoms with E-state index in [1.807, 2.05) is 18.2 Å². The Morgan fingerprint density at radius 3 is 2.18 bits per heavy atom. The van der Waals surface area contributed by atoms with Gasteiger partial charge in [0.2, 0.25) is 0 Å². The van der Waals surface area contributed by atoms with Crippen molar-refractivity contribution in [1.82, 2.24) is 0 Å². The number of rotatable bonds is 3. The maximum absolute atomic E-state index is 11.1. The Morgan fingerprint density at radius 1 is 0.941 bits per heavy atom. The molecule has 0 fully saturated rings. The van der Waals surface area contributed by atoms with Gasteiger partial charge in [-0.1, -0.05) is 42.5 Å². The van der Waals surface area contributed by atoms with E-state index in [1.54, 1.807) is 30.3 Å². The third-order valence-corrected chi connectivity index (χ3v) is 2.64. The molecule has 0 saturated heterocycles. The van der Waals surface area contributed by atoms with Gasteiger partial charge < -0.3 is 10.2 Å². The predicted molar refractivity (Wildman–Crippen MR) is 64.8 cm³/mol. The van der Waals surface area contributed by atoms with Gasteiger partial charge >= 0.3 is 5.97 Å². The highest BCUT2D eigenvalue weighted by Crippen LogP contribution is 2.27. The van der Waals surface area contributed by atoms with E-state index < -0.39 is 5.97 Å². The lowest BCUT2D eigenvalue weighted by Crippen LogP contribution is -2.00. The fourth-order valence-electron chi connectivity index (χ4n) is 1.83. The van der Waals surface area contributed by atoms with Gasteiger partial charge in [-0.3, -0.25) is 0 Å². The van der Waals surface area contributed by atoms with Gasteiger partial charge in [0.15, 0.2) is 0 Å². The van der Waals surface area contributed by atoms with E-state index in [1.165, 1.54) is 0 Å². The normalized spacial score (nSPS) is 10.2. The molecule has 0 aliphatic carbocycles. The maximum atomic E-state index is 11.1. The highest BCUT2D eigenvalue weighted by Gasteiger charge is 2.12. The van der Waals surface area contributed by atoms with E-state index in [9.17, 15) is 9.90 Å². The zero-order valence-electron chi connectivity index (χ0n) is 9.13. The number of hydrogen-bond acceptors (Lipinski definition) is 2. The zero-order valence-corrected chi connectivity index (χ0v) is 9.13. The summed E-state index contributed by atoms with van der Waals surface area (Å²) in [4.78, 5) is 11.1. The van der Waals surface area contributed by atoms with Crippen molar-refractivity contribution in [3.63, 3.8) is 0 Å². The van der Waals surface area contributed by atoms with Crippen LogP contribution >= 0.6 is 0 Å². The maximum Gasteiger partial charge on any atom is 0.336 e. The lowest BCUT2D eigenvalue weighted by molar-refractivity contribution is 0.0697. The Balaban J connectivity index is 2.64. The van der Waals surface area contributed by atoms with E-state index in [2.05, 4.69) is 0 Å². The molecule has 2 aromatic carbocycles. The van der Waals surface area contributed by atoms with Crippen LogP contribution in [-0.2, 0) is 6.61 Å². The molecular formula is C14H12O3. The van der Waals surface area contributed by atoms with Crippen molar-refractivity contribution in [2.75, 3.05) is 0 Å². The van der Waals surface area contributed by atoms with Crippen LogP contribution in [0.5, 0.6) is 0 Å². The molecule has 0 unspecified atom stereocenters. The van der Waals surface area contributed by atoms with Crippen LogP contribution in [0.25, 0.3) is 11.1 Å². The fraction of sp³-hybridized carbons (Fsp3) is 0.0714. The molecule has 3 nitrogen and oxygen atoms in total. The Morgan fingerprint density at radius 2 is 1.53 bits per heavy atom. The quantitative estimate of drug-likeness (QED) is 0.848. The molecule has 0 heterocycles. The van der Waals surface area contributed by atoms with E-state index in [4.69, 9.17) is 5.11 Å². The minimum absolute atomic E-state index is 0.107. The van der Waals surface area contributed by atoms with Gasteiger partial charge in [0.05, 0.1) is 12.2 Å². The van der Waals surface area contributed by atoms with Crippen LogP contribution in [0.3, 0.4) is 0 Å². The number of carboxylic acid groups (broad SMARTS) is 1. The largest absolute Gasteiger partial charge is 0.478 e.